The first-order valence-corrected chi connectivity index (χ1v) is 6.38. The van der Waals surface area contributed by atoms with Gasteiger partial charge >= 0.3 is 0 Å². The lowest BCUT2D eigenvalue weighted by Gasteiger charge is -2.11. The maximum absolute atomic E-state index is 12.4. The molecule has 102 valence electrons. The Morgan fingerprint density at radius 3 is 2.70 bits per heavy atom. The van der Waals surface area contributed by atoms with E-state index in [1.165, 1.54) is 0 Å². The lowest BCUT2D eigenvalue weighted by Crippen LogP contribution is -2.16. The number of benzene rings is 2. The molecule has 0 saturated heterocycles. The Morgan fingerprint density at radius 2 is 2.00 bits per heavy atom. The van der Waals surface area contributed by atoms with Gasteiger partial charge in [0.15, 0.2) is 5.78 Å². The van der Waals surface area contributed by atoms with Crippen LogP contribution in [0.3, 0.4) is 0 Å². The summed E-state index contributed by atoms with van der Waals surface area (Å²) in [6.45, 7) is 0.664. The predicted molar refractivity (Wildman–Crippen MR) is 80.3 cm³/mol. The first kappa shape index (κ1) is 14.1. The van der Waals surface area contributed by atoms with E-state index in [0.29, 0.717) is 24.2 Å². The zero-order valence-corrected chi connectivity index (χ0v) is 11.6. The third kappa shape index (κ3) is 2.96. The summed E-state index contributed by atoms with van der Waals surface area (Å²) in [5.41, 5.74) is 9.57. The summed E-state index contributed by atoms with van der Waals surface area (Å²) >= 11 is 0. The highest BCUT2D eigenvalue weighted by atomic mass is 16.1. The molecule has 0 bridgehead atoms. The predicted octanol–water partition coefficient (Wildman–Crippen LogP) is 3.92. The van der Waals surface area contributed by atoms with Gasteiger partial charge in [0.25, 0.3) is 0 Å². The molecular weight excluding hydrogens is 252 g/mol. The fourth-order valence-corrected chi connectivity index (χ4v) is 2.13. The first-order valence-electron chi connectivity index (χ1n) is 6.38. The lowest BCUT2D eigenvalue weighted by atomic mass is 9.98. The van der Waals surface area contributed by atoms with Crippen LogP contribution < -0.4 is 0 Å². The van der Waals surface area contributed by atoms with Crippen LogP contribution in [0.4, 0.5) is 5.69 Å². The van der Waals surface area contributed by atoms with E-state index in [-0.39, 0.29) is 5.78 Å². The monoisotopic (exact) mass is 268 g/mol. The van der Waals surface area contributed by atoms with Gasteiger partial charge in [0.05, 0.1) is 0 Å². The summed E-state index contributed by atoms with van der Waals surface area (Å²) in [6.07, 6.45) is 0.398. The molecule has 0 spiro atoms. The minimum Gasteiger partial charge on any atom is -0.309 e. The SMILES string of the molecule is CN(C)CCC(=O)c1c(N=[N+]=[N-])ccc2ccccc12. The number of Topliss-reactive ketones (excluding diaryl/α,β-unsaturated/α-hetero) is 1. The summed E-state index contributed by atoms with van der Waals surface area (Å²) < 4.78 is 0. The number of fused-ring (bicyclic) bond motifs is 1. The number of carbonyl (C=O) groups excluding carboxylic acids is 1. The standard InChI is InChI=1S/C15H16N4O/c1-19(2)10-9-14(20)15-12-6-4-3-5-11(12)7-8-13(15)17-18-16/h3-8H,9-10H2,1-2H3. The van der Waals surface area contributed by atoms with Crippen molar-refractivity contribution in [3.8, 4) is 0 Å². The van der Waals surface area contributed by atoms with E-state index >= 15 is 0 Å². The van der Waals surface area contributed by atoms with Crippen LogP contribution in [0, 0.1) is 0 Å². The van der Waals surface area contributed by atoms with E-state index in [0.717, 1.165) is 10.8 Å². The Balaban J connectivity index is 2.54. The van der Waals surface area contributed by atoms with E-state index in [1.54, 1.807) is 6.07 Å². The minimum atomic E-state index is -0.00194. The second kappa shape index (κ2) is 6.19. The first-order chi connectivity index (χ1) is 9.63. The van der Waals surface area contributed by atoms with Crippen molar-refractivity contribution in [1.82, 2.24) is 4.90 Å². The molecule has 0 aliphatic heterocycles. The van der Waals surface area contributed by atoms with Gasteiger partial charge in [-0.3, -0.25) is 4.79 Å². The highest BCUT2D eigenvalue weighted by Gasteiger charge is 2.14. The molecule has 0 amide bonds. The molecule has 0 unspecified atom stereocenters. The third-order valence-corrected chi connectivity index (χ3v) is 3.12. The quantitative estimate of drug-likeness (QED) is 0.357. The van der Waals surface area contributed by atoms with Crippen molar-refractivity contribution in [3.63, 3.8) is 0 Å². The average Bonchev–Trinajstić information content (AvgIpc) is 2.45. The van der Waals surface area contributed by atoms with Crippen molar-refractivity contribution in [2.24, 2.45) is 5.11 Å². The summed E-state index contributed by atoms with van der Waals surface area (Å²) in [6, 6.07) is 11.2. The molecule has 2 aromatic rings. The minimum absolute atomic E-state index is 0.00194. The summed E-state index contributed by atoms with van der Waals surface area (Å²) in [5, 5.41) is 5.46. The molecule has 0 fully saturated rings. The third-order valence-electron chi connectivity index (χ3n) is 3.12. The summed E-state index contributed by atoms with van der Waals surface area (Å²) in [5.74, 6) is -0.00194. The lowest BCUT2D eigenvalue weighted by molar-refractivity contribution is 0.0975. The number of nitrogens with zero attached hydrogens (tertiary/aromatic N) is 4. The number of azide groups is 1. The van der Waals surface area contributed by atoms with Crippen LogP contribution in [0.1, 0.15) is 16.8 Å². The number of ketones is 1. The Kier molecular flexibility index (Phi) is 4.35. The molecule has 2 aromatic carbocycles. The molecule has 0 saturated carbocycles. The van der Waals surface area contributed by atoms with Crippen LogP contribution in [0.25, 0.3) is 21.2 Å². The van der Waals surface area contributed by atoms with Crippen LogP contribution in [0.15, 0.2) is 41.5 Å². The van der Waals surface area contributed by atoms with Crippen LogP contribution >= 0.6 is 0 Å². The van der Waals surface area contributed by atoms with Gasteiger partial charge in [-0.2, -0.15) is 0 Å². The van der Waals surface area contributed by atoms with Gasteiger partial charge in [-0.1, -0.05) is 41.5 Å². The highest BCUT2D eigenvalue weighted by Crippen LogP contribution is 2.29. The van der Waals surface area contributed by atoms with Crippen LogP contribution in [-0.2, 0) is 0 Å². The second-order valence-corrected chi connectivity index (χ2v) is 4.85. The number of rotatable bonds is 5. The average molecular weight is 268 g/mol. The smallest absolute Gasteiger partial charge is 0.165 e. The molecule has 5 nitrogen and oxygen atoms in total. The maximum Gasteiger partial charge on any atom is 0.165 e. The zero-order chi connectivity index (χ0) is 14.5. The van der Waals surface area contributed by atoms with Gasteiger partial charge in [-0.15, -0.1) is 0 Å². The zero-order valence-electron chi connectivity index (χ0n) is 11.6. The fraction of sp³-hybridized carbons (Fsp3) is 0.267. The van der Waals surface area contributed by atoms with Crippen molar-refractivity contribution < 1.29 is 4.79 Å². The number of hydrogen-bond donors (Lipinski definition) is 0. The van der Waals surface area contributed by atoms with E-state index in [1.807, 2.05) is 49.3 Å². The van der Waals surface area contributed by atoms with Crippen LogP contribution in [-0.4, -0.2) is 31.3 Å². The van der Waals surface area contributed by atoms with Crippen LogP contribution in [0.2, 0.25) is 0 Å². The van der Waals surface area contributed by atoms with Gasteiger partial charge in [-0.25, -0.2) is 0 Å². The number of hydrogen-bond acceptors (Lipinski definition) is 3. The van der Waals surface area contributed by atoms with Crippen LogP contribution in [0.5, 0.6) is 0 Å². The summed E-state index contributed by atoms with van der Waals surface area (Å²) in [7, 11) is 3.84. The molecule has 0 aromatic heterocycles. The van der Waals surface area contributed by atoms with E-state index in [9.17, 15) is 4.79 Å². The van der Waals surface area contributed by atoms with Gasteiger partial charge < -0.3 is 4.90 Å². The highest BCUT2D eigenvalue weighted by molar-refractivity contribution is 6.12. The molecule has 0 N–H and O–H groups in total. The van der Waals surface area contributed by atoms with E-state index in [2.05, 4.69) is 10.0 Å². The van der Waals surface area contributed by atoms with Crippen molar-refractivity contribution in [2.75, 3.05) is 20.6 Å². The van der Waals surface area contributed by atoms with Gasteiger partial charge in [-0.05, 0) is 30.4 Å². The molecule has 0 aliphatic carbocycles. The molecule has 2 rings (SSSR count). The molecule has 0 aliphatic rings. The molecule has 5 heteroatoms. The topological polar surface area (TPSA) is 69.1 Å². The van der Waals surface area contributed by atoms with E-state index in [4.69, 9.17) is 5.53 Å². The Morgan fingerprint density at radius 1 is 1.25 bits per heavy atom. The largest absolute Gasteiger partial charge is 0.309 e. The van der Waals surface area contributed by atoms with Crippen molar-refractivity contribution >= 4 is 22.2 Å². The van der Waals surface area contributed by atoms with Gasteiger partial charge in [0.1, 0.15) is 0 Å². The Labute approximate surface area is 117 Å². The Hall–Kier alpha value is -2.36. The molecule has 0 radical (unpaired) electrons. The van der Waals surface area contributed by atoms with Crippen molar-refractivity contribution in [3.05, 3.63) is 52.4 Å². The van der Waals surface area contributed by atoms with Crippen molar-refractivity contribution in [2.45, 2.75) is 6.42 Å². The van der Waals surface area contributed by atoms with Crippen molar-refractivity contribution in [1.29, 1.82) is 0 Å². The molecule has 0 atom stereocenters. The Bertz CT molecular complexity index is 687. The maximum atomic E-state index is 12.4. The summed E-state index contributed by atoms with van der Waals surface area (Å²) in [4.78, 5) is 17.2. The van der Waals surface area contributed by atoms with Gasteiger partial charge in [0, 0.05) is 29.1 Å². The second-order valence-electron chi connectivity index (χ2n) is 4.85. The normalized spacial score (nSPS) is 10.6. The number of carbonyl (C=O) groups is 1. The van der Waals surface area contributed by atoms with E-state index < -0.39 is 0 Å². The van der Waals surface area contributed by atoms with Gasteiger partial charge in [0.2, 0.25) is 0 Å². The molecular formula is C15H16N4O. The molecule has 0 heterocycles. The fourth-order valence-electron chi connectivity index (χ4n) is 2.13. The molecule has 20 heavy (non-hydrogen) atoms.